The number of ether oxygens (including phenoxy) is 1. The second kappa shape index (κ2) is 5.38. The van der Waals surface area contributed by atoms with Gasteiger partial charge in [-0.3, -0.25) is 0 Å². The van der Waals surface area contributed by atoms with Crippen molar-refractivity contribution < 1.29 is 4.74 Å². The van der Waals surface area contributed by atoms with Crippen LogP contribution < -0.4 is 5.32 Å². The molecule has 0 aromatic carbocycles. The summed E-state index contributed by atoms with van der Waals surface area (Å²) < 4.78 is 5.72. The van der Waals surface area contributed by atoms with E-state index in [0.717, 1.165) is 32.1 Å². The van der Waals surface area contributed by atoms with Crippen molar-refractivity contribution in [3.8, 4) is 0 Å². The number of hydrogen-bond donors (Lipinski definition) is 2. The Labute approximate surface area is 108 Å². The molecule has 2 N–H and O–H groups in total. The molecule has 5 nitrogen and oxygen atoms in total. The van der Waals surface area contributed by atoms with Gasteiger partial charge in [0.1, 0.15) is 11.9 Å². The Balaban J connectivity index is 1.68. The Morgan fingerprint density at radius 3 is 3.22 bits per heavy atom. The number of aromatic nitrogens is 2. The van der Waals surface area contributed by atoms with Crippen molar-refractivity contribution in [1.82, 2.24) is 20.2 Å². The molecule has 2 saturated heterocycles. The van der Waals surface area contributed by atoms with E-state index >= 15 is 0 Å². The number of piperidine rings is 1. The van der Waals surface area contributed by atoms with Crippen LogP contribution in [0.1, 0.15) is 36.4 Å². The van der Waals surface area contributed by atoms with Crippen molar-refractivity contribution in [3.05, 3.63) is 17.7 Å². The first kappa shape index (κ1) is 12.1. The van der Waals surface area contributed by atoms with Crippen molar-refractivity contribution in [2.24, 2.45) is 0 Å². The molecule has 5 heteroatoms. The van der Waals surface area contributed by atoms with Gasteiger partial charge in [0.25, 0.3) is 0 Å². The molecule has 0 amide bonds. The molecule has 0 aliphatic carbocycles. The lowest BCUT2D eigenvalue weighted by Crippen LogP contribution is -2.34. The largest absolute Gasteiger partial charge is 0.368 e. The number of imidazole rings is 1. The van der Waals surface area contributed by atoms with Crippen molar-refractivity contribution in [2.45, 2.75) is 24.9 Å². The number of likely N-dealkylation sites (tertiary alicyclic amines) is 1. The maximum absolute atomic E-state index is 5.72. The van der Waals surface area contributed by atoms with Gasteiger partial charge in [-0.2, -0.15) is 0 Å². The second-order valence-corrected chi connectivity index (χ2v) is 5.39. The quantitative estimate of drug-likeness (QED) is 0.818. The summed E-state index contributed by atoms with van der Waals surface area (Å²) in [5, 5.41) is 3.34. The number of H-pyrrole nitrogens is 1. The fraction of sp³-hybridized carbons (Fsp3) is 0.769. The number of aromatic amines is 1. The van der Waals surface area contributed by atoms with Crippen LogP contribution in [0.2, 0.25) is 0 Å². The minimum absolute atomic E-state index is 0.0915. The highest BCUT2D eigenvalue weighted by atomic mass is 16.5. The molecule has 3 rings (SSSR count). The predicted octanol–water partition coefficient (Wildman–Crippen LogP) is 0.880. The van der Waals surface area contributed by atoms with Crippen LogP contribution >= 0.6 is 0 Å². The van der Waals surface area contributed by atoms with Gasteiger partial charge in [-0.05, 0) is 26.4 Å². The number of hydrogen-bond acceptors (Lipinski definition) is 4. The number of morpholine rings is 1. The maximum atomic E-state index is 5.72. The van der Waals surface area contributed by atoms with Crippen molar-refractivity contribution in [2.75, 3.05) is 39.8 Å². The average Bonchev–Trinajstić information content (AvgIpc) is 2.89. The number of nitrogens with one attached hydrogen (secondary N) is 2. The molecule has 3 heterocycles. The third-order valence-corrected chi connectivity index (χ3v) is 3.91. The van der Waals surface area contributed by atoms with E-state index in [1.165, 1.54) is 25.1 Å². The molecular weight excluding hydrogens is 228 g/mol. The maximum Gasteiger partial charge on any atom is 0.136 e. The van der Waals surface area contributed by atoms with E-state index in [9.17, 15) is 0 Å². The molecular formula is C13H22N4O. The van der Waals surface area contributed by atoms with Gasteiger partial charge >= 0.3 is 0 Å². The number of likely N-dealkylation sites (N-methyl/N-ethyl adjacent to an activating group) is 1. The molecule has 1 aromatic heterocycles. The normalized spacial score (nSPS) is 30.5. The topological polar surface area (TPSA) is 53.2 Å². The molecule has 2 atom stereocenters. The smallest absolute Gasteiger partial charge is 0.136 e. The highest BCUT2D eigenvalue weighted by molar-refractivity contribution is 5.11. The first-order chi connectivity index (χ1) is 8.83. The van der Waals surface area contributed by atoms with E-state index in [4.69, 9.17) is 4.74 Å². The van der Waals surface area contributed by atoms with Crippen LogP contribution in [0.5, 0.6) is 0 Å². The minimum Gasteiger partial charge on any atom is -0.368 e. The summed E-state index contributed by atoms with van der Waals surface area (Å²) in [6, 6.07) is 0. The molecule has 0 spiro atoms. The van der Waals surface area contributed by atoms with Crippen LogP contribution in [0.25, 0.3) is 0 Å². The van der Waals surface area contributed by atoms with Gasteiger partial charge in [-0.25, -0.2) is 4.98 Å². The molecule has 2 fully saturated rings. The Kier molecular flexibility index (Phi) is 3.63. The Morgan fingerprint density at radius 1 is 1.50 bits per heavy atom. The first-order valence-corrected chi connectivity index (χ1v) is 6.88. The molecule has 2 aliphatic heterocycles. The summed E-state index contributed by atoms with van der Waals surface area (Å²) in [5.74, 6) is 1.58. The van der Waals surface area contributed by atoms with E-state index in [-0.39, 0.29) is 6.10 Å². The summed E-state index contributed by atoms with van der Waals surface area (Å²) >= 11 is 0. The molecule has 0 saturated carbocycles. The van der Waals surface area contributed by atoms with Crippen LogP contribution in [0, 0.1) is 0 Å². The standard InChI is InChI=1S/C13H22N4O/c1-17-5-2-3-10(9-17)11-7-15-13(16-11)12-8-14-4-6-18-12/h7,10,12,14H,2-6,8-9H2,1H3,(H,15,16). The fourth-order valence-corrected chi connectivity index (χ4v) is 2.88. The van der Waals surface area contributed by atoms with Gasteiger partial charge in [-0.1, -0.05) is 0 Å². The average molecular weight is 250 g/mol. The van der Waals surface area contributed by atoms with E-state index in [2.05, 4.69) is 27.2 Å². The minimum atomic E-state index is 0.0915. The van der Waals surface area contributed by atoms with Crippen LogP contribution in [0.4, 0.5) is 0 Å². The van der Waals surface area contributed by atoms with E-state index in [1.807, 2.05) is 6.20 Å². The lowest BCUT2D eigenvalue weighted by molar-refractivity contribution is 0.0225. The molecule has 0 bridgehead atoms. The highest BCUT2D eigenvalue weighted by Crippen LogP contribution is 2.26. The molecule has 2 unspecified atom stereocenters. The van der Waals surface area contributed by atoms with E-state index in [0.29, 0.717) is 5.92 Å². The third-order valence-electron chi connectivity index (χ3n) is 3.91. The van der Waals surface area contributed by atoms with Crippen molar-refractivity contribution in [3.63, 3.8) is 0 Å². The van der Waals surface area contributed by atoms with E-state index < -0.39 is 0 Å². The summed E-state index contributed by atoms with van der Waals surface area (Å²) in [4.78, 5) is 10.4. The zero-order valence-corrected chi connectivity index (χ0v) is 11.0. The van der Waals surface area contributed by atoms with Crippen molar-refractivity contribution >= 4 is 0 Å². The zero-order valence-electron chi connectivity index (χ0n) is 11.0. The second-order valence-electron chi connectivity index (χ2n) is 5.39. The van der Waals surface area contributed by atoms with Gasteiger partial charge < -0.3 is 19.9 Å². The van der Waals surface area contributed by atoms with Gasteiger partial charge in [0.05, 0.1) is 6.61 Å². The van der Waals surface area contributed by atoms with Crippen LogP contribution in [0.3, 0.4) is 0 Å². The van der Waals surface area contributed by atoms with Crippen LogP contribution in [0.15, 0.2) is 6.20 Å². The van der Waals surface area contributed by atoms with Gasteiger partial charge in [0.15, 0.2) is 0 Å². The summed E-state index contributed by atoms with van der Waals surface area (Å²) in [6.45, 7) is 4.92. The lowest BCUT2D eigenvalue weighted by Gasteiger charge is -2.29. The lowest BCUT2D eigenvalue weighted by atomic mass is 9.96. The van der Waals surface area contributed by atoms with Crippen molar-refractivity contribution in [1.29, 1.82) is 0 Å². The molecule has 18 heavy (non-hydrogen) atoms. The van der Waals surface area contributed by atoms with Gasteiger partial charge in [0.2, 0.25) is 0 Å². The molecule has 1 aromatic rings. The Morgan fingerprint density at radius 2 is 2.44 bits per heavy atom. The highest BCUT2D eigenvalue weighted by Gasteiger charge is 2.23. The monoisotopic (exact) mass is 250 g/mol. The Hall–Kier alpha value is -0.910. The fourth-order valence-electron chi connectivity index (χ4n) is 2.88. The molecule has 2 aliphatic rings. The summed E-state index contributed by atoms with van der Waals surface area (Å²) in [5.41, 5.74) is 1.27. The summed E-state index contributed by atoms with van der Waals surface area (Å²) in [6.07, 6.45) is 4.62. The number of nitrogens with zero attached hydrogens (tertiary/aromatic N) is 2. The van der Waals surface area contributed by atoms with E-state index in [1.54, 1.807) is 0 Å². The predicted molar refractivity (Wildman–Crippen MR) is 69.6 cm³/mol. The summed E-state index contributed by atoms with van der Waals surface area (Å²) in [7, 11) is 2.19. The van der Waals surface area contributed by atoms with Crippen LogP contribution in [-0.2, 0) is 4.74 Å². The Bertz CT molecular complexity index is 386. The zero-order chi connectivity index (χ0) is 12.4. The van der Waals surface area contributed by atoms with Gasteiger partial charge in [0, 0.05) is 37.4 Å². The SMILES string of the molecule is CN1CCCC(c2cnc(C3CNCCO3)[nH]2)C1. The molecule has 0 radical (unpaired) electrons. The van der Waals surface area contributed by atoms with Gasteiger partial charge in [-0.15, -0.1) is 0 Å². The van der Waals surface area contributed by atoms with Crippen LogP contribution in [-0.4, -0.2) is 54.7 Å². The molecule has 100 valence electrons. The third kappa shape index (κ3) is 2.58. The first-order valence-electron chi connectivity index (χ1n) is 6.88. The number of rotatable bonds is 2.